The van der Waals surface area contributed by atoms with E-state index in [-0.39, 0.29) is 0 Å². The maximum atomic E-state index is 5.93. The van der Waals surface area contributed by atoms with Crippen LogP contribution in [0.15, 0.2) is 18.5 Å². The van der Waals surface area contributed by atoms with Crippen molar-refractivity contribution in [3.63, 3.8) is 0 Å². The predicted octanol–water partition coefficient (Wildman–Crippen LogP) is 2.07. The summed E-state index contributed by atoms with van der Waals surface area (Å²) in [6.45, 7) is 5.22. The molecule has 15 heavy (non-hydrogen) atoms. The molecule has 0 aliphatic heterocycles. The van der Waals surface area contributed by atoms with Crippen LogP contribution in [-0.2, 0) is 0 Å². The van der Waals surface area contributed by atoms with Gasteiger partial charge in [0.05, 0.1) is 0 Å². The van der Waals surface area contributed by atoms with E-state index in [9.17, 15) is 0 Å². The van der Waals surface area contributed by atoms with Crippen molar-refractivity contribution in [2.75, 3.05) is 23.8 Å². The number of nitrogen functional groups attached to an aromatic ring is 1. The Morgan fingerprint density at radius 3 is 2.93 bits per heavy atom. The van der Waals surface area contributed by atoms with Gasteiger partial charge in [-0.15, -0.1) is 0 Å². The Balaban J connectivity index is 2.74. The number of nitrogens with zero attached hydrogens (tertiary/aromatic N) is 1. The van der Waals surface area contributed by atoms with Crippen molar-refractivity contribution < 1.29 is 0 Å². The van der Waals surface area contributed by atoms with Gasteiger partial charge in [-0.1, -0.05) is 13.8 Å². The Kier molecular flexibility index (Phi) is 5.50. The van der Waals surface area contributed by atoms with Gasteiger partial charge in [-0.25, -0.2) is 0 Å². The monoisotopic (exact) mass is 225 g/mol. The van der Waals surface area contributed by atoms with E-state index in [2.05, 4.69) is 24.1 Å². The molecular weight excluding hydrogens is 206 g/mol. The first-order valence-electron chi connectivity index (χ1n) is 5.30. The summed E-state index contributed by atoms with van der Waals surface area (Å²) in [6, 6.07) is 2.17. The lowest BCUT2D eigenvalue weighted by Gasteiger charge is -2.18. The molecule has 1 heterocycles. The quantitative estimate of drug-likeness (QED) is 0.778. The van der Waals surface area contributed by atoms with Crippen LogP contribution in [0.2, 0.25) is 0 Å². The molecule has 4 heteroatoms. The van der Waals surface area contributed by atoms with E-state index in [0.29, 0.717) is 6.04 Å². The van der Waals surface area contributed by atoms with Crippen molar-refractivity contribution in [2.24, 2.45) is 0 Å². The number of hydrogen-bond donors (Lipinski definition) is 2. The lowest BCUT2D eigenvalue weighted by molar-refractivity contribution is 0.606. The van der Waals surface area contributed by atoms with Crippen LogP contribution < -0.4 is 11.1 Å². The molecule has 1 rings (SSSR count). The summed E-state index contributed by atoms with van der Waals surface area (Å²) in [5.41, 5.74) is 7.87. The standard InChI is InChI=1S/C11H19N3S/c1-3-14-11(8-15-4-2)9-7-13-6-5-10(9)12/h5-7,11,14H,3-4,8H2,1-2H3,(H2,12,13). The van der Waals surface area contributed by atoms with E-state index in [1.54, 1.807) is 6.20 Å². The molecule has 1 aromatic rings. The van der Waals surface area contributed by atoms with E-state index in [0.717, 1.165) is 29.3 Å². The summed E-state index contributed by atoms with van der Waals surface area (Å²) in [5, 5.41) is 3.43. The van der Waals surface area contributed by atoms with Gasteiger partial charge in [0, 0.05) is 35.4 Å². The van der Waals surface area contributed by atoms with Gasteiger partial charge >= 0.3 is 0 Å². The van der Waals surface area contributed by atoms with Crippen LogP contribution in [0, 0.1) is 0 Å². The SMILES string of the molecule is CCNC(CSCC)c1cnccc1N. The second-order valence-electron chi connectivity index (χ2n) is 3.27. The second-order valence-corrected chi connectivity index (χ2v) is 4.59. The summed E-state index contributed by atoms with van der Waals surface area (Å²) in [7, 11) is 0. The zero-order chi connectivity index (χ0) is 11.1. The zero-order valence-corrected chi connectivity index (χ0v) is 10.2. The fourth-order valence-corrected chi connectivity index (χ4v) is 2.22. The van der Waals surface area contributed by atoms with Crippen molar-refractivity contribution in [1.82, 2.24) is 10.3 Å². The molecule has 0 spiro atoms. The number of anilines is 1. The van der Waals surface area contributed by atoms with Gasteiger partial charge in [-0.05, 0) is 18.4 Å². The first kappa shape index (κ1) is 12.3. The highest BCUT2D eigenvalue weighted by molar-refractivity contribution is 7.99. The Bertz CT molecular complexity index is 291. The second kappa shape index (κ2) is 6.69. The van der Waals surface area contributed by atoms with Crippen LogP contribution in [0.1, 0.15) is 25.5 Å². The minimum absolute atomic E-state index is 0.314. The Morgan fingerprint density at radius 1 is 1.53 bits per heavy atom. The third-order valence-corrected chi connectivity index (χ3v) is 3.18. The van der Waals surface area contributed by atoms with E-state index in [4.69, 9.17) is 5.73 Å². The van der Waals surface area contributed by atoms with Crippen LogP contribution in [0.5, 0.6) is 0 Å². The van der Waals surface area contributed by atoms with Gasteiger partial charge in [0.1, 0.15) is 0 Å². The average Bonchev–Trinajstić information content (AvgIpc) is 2.25. The number of rotatable bonds is 6. The lowest BCUT2D eigenvalue weighted by atomic mass is 10.1. The minimum Gasteiger partial charge on any atom is -0.398 e. The molecule has 1 unspecified atom stereocenters. The molecule has 0 bridgehead atoms. The molecule has 0 aliphatic rings. The molecule has 1 aromatic heterocycles. The molecule has 3 N–H and O–H groups in total. The molecule has 0 amide bonds. The minimum atomic E-state index is 0.314. The maximum Gasteiger partial charge on any atom is 0.0447 e. The fraction of sp³-hybridized carbons (Fsp3) is 0.545. The van der Waals surface area contributed by atoms with E-state index < -0.39 is 0 Å². The van der Waals surface area contributed by atoms with Crippen LogP contribution in [0.4, 0.5) is 5.69 Å². The highest BCUT2D eigenvalue weighted by Crippen LogP contribution is 2.22. The van der Waals surface area contributed by atoms with Gasteiger partial charge in [-0.3, -0.25) is 4.98 Å². The molecule has 1 atom stereocenters. The van der Waals surface area contributed by atoms with E-state index in [1.165, 1.54) is 0 Å². The highest BCUT2D eigenvalue weighted by atomic mass is 32.2. The largest absolute Gasteiger partial charge is 0.398 e. The fourth-order valence-electron chi connectivity index (χ4n) is 1.45. The smallest absolute Gasteiger partial charge is 0.0447 e. The first-order chi connectivity index (χ1) is 7.29. The molecule has 0 fully saturated rings. The summed E-state index contributed by atoms with van der Waals surface area (Å²) >= 11 is 1.91. The third-order valence-electron chi connectivity index (χ3n) is 2.20. The summed E-state index contributed by atoms with van der Waals surface area (Å²) in [4.78, 5) is 4.13. The average molecular weight is 225 g/mol. The molecular formula is C11H19N3S. The summed E-state index contributed by atoms with van der Waals surface area (Å²) in [6.07, 6.45) is 3.59. The van der Waals surface area contributed by atoms with Crippen LogP contribution in [-0.4, -0.2) is 23.0 Å². The number of thioether (sulfide) groups is 1. The van der Waals surface area contributed by atoms with Crippen LogP contribution in [0.25, 0.3) is 0 Å². The Morgan fingerprint density at radius 2 is 2.33 bits per heavy atom. The van der Waals surface area contributed by atoms with Crippen LogP contribution in [0.3, 0.4) is 0 Å². The zero-order valence-electron chi connectivity index (χ0n) is 9.36. The maximum absolute atomic E-state index is 5.93. The summed E-state index contributed by atoms with van der Waals surface area (Å²) < 4.78 is 0. The van der Waals surface area contributed by atoms with Crippen LogP contribution >= 0.6 is 11.8 Å². The van der Waals surface area contributed by atoms with E-state index in [1.807, 2.05) is 24.0 Å². The molecule has 84 valence electrons. The van der Waals surface area contributed by atoms with Crippen molar-refractivity contribution in [1.29, 1.82) is 0 Å². The van der Waals surface area contributed by atoms with Gasteiger partial charge in [0.2, 0.25) is 0 Å². The number of pyridine rings is 1. The van der Waals surface area contributed by atoms with Gasteiger partial charge in [-0.2, -0.15) is 11.8 Å². The molecule has 0 saturated carbocycles. The molecule has 0 saturated heterocycles. The van der Waals surface area contributed by atoms with Gasteiger partial charge in [0.15, 0.2) is 0 Å². The summed E-state index contributed by atoms with van der Waals surface area (Å²) in [5.74, 6) is 2.17. The number of nitrogens with one attached hydrogen (secondary N) is 1. The Hall–Kier alpha value is -0.740. The highest BCUT2D eigenvalue weighted by Gasteiger charge is 2.12. The van der Waals surface area contributed by atoms with E-state index >= 15 is 0 Å². The lowest BCUT2D eigenvalue weighted by Crippen LogP contribution is -2.24. The van der Waals surface area contributed by atoms with Crippen molar-refractivity contribution >= 4 is 17.4 Å². The first-order valence-corrected chi connectivity index (χ1v) is 6.45. The molecule has 0 aliphatic carbocycles. The number of aromatic nitrogens is 1. The molecule has 0 aromatic carbocycles. The van der Waals surface area contributed by atoms with Gasteiger partial charge < -0.3 is 11.1 Å². The normalized spacial score (nSPS) is 12.7. The van der Waals surface area contributed by atoms with Gasteiger partial charge in [0.25, 0.3) is 0 Å². The molecule has 3 nitrogen and oxygen atoms in total. The third kappa shape index (κ3) is 3.72. The van der Waals surface area contributed by atoms with Crippen molar-refractivity contribution in [2.45, 2.75) is 19.9 Å². The molecule has 0 radical (unpaired) electrons. The van der Waals surface area contributed by atoms with Crippen molar-refractivity contribution in [3.8, 4) is 0 Å². The topological polar surface area (TPSA) is 50.9 Å². The number of hydrogen-bond acceptors (Lipinski definition) is 4. The number of nitrogens with two attached hydrogens (primary N) is 1. The predicted molar refractivity (Wildman–Crippen MR) is 68.1 cm³/mol. The van der Waals surface area contributed by atoms with Crippen molar-refractivity contribution in [3.05, 3.63) is 24.0 Å². The Labute approximate surface area is 95.9 Å².